The Kier molecular flexibility index (Phi) is 7.81. The molecule has 0 bridgehead atoms. The maximum atomic E-state index is 13.2. The molecule has 3 amide bonds. The normalized spacial score (nSPS) is 15.5. The Morgan fingerprint density at radius 2 is 1.56 bits per heavy atom. The number of carbonyl (C=O) groups is 3. The minimum Gasteiger partial charge on any atom is -0.366 e. The first-order chi connectivity index (χ1) is 18.9. The van der Waals surface area contributed by atoms with Gasteiger partial charge in [0.05, 0.1) is 28.7 Å². The molecule has 2 fully saturated rings. The fourth-order valence-electron chi connectivity index (χ4n) is 4.73. The van der Waals surface area contributed by atoms with Crippen LogP contribution in [0.3, 0.4) is 0 Å². The first-order valence-electron chi connectivity index (χ1n) is 12.7. The van der Waals surface area contributed by atoms with Crippen LogP contribution in [0.25, 0.3) is 0 Å². The van der Waals surface area contributed by atoms with Gasteiger partial charge in [-0.05, 0) is 60.9 Å². The third-order valence-corrected chi connectivity index (χ3v) is 7.75. The highest BCUT2D eigenvalue weighted by Gasteiger charge is 2.26. The lowest BCUT2D eigenvalue weighted by atomic mass is 10.1. The molecule has 3 aromatic rings. The number of anilines is 2. The Labute approximate surface area is 230 Å². The number of hydrogen-bond donors (Lipinski definition) is 2. The van der Waals surface area contributed by atoms with E-state index in [1.807, 2.05) is 11.0 Å². The predicted molar refractivity (Wildman–Crippen MR) is 147 cm³/mol. The molecule has 0 saturated carbocycles. The zero-order valence-electron chi connectivity index (χ0n) is 21.5. The van der Waals surface area contributed by atoms with E-state index < -0.39 is 0 Å². The number of carbonyl (C=O) groups excluding carboxylic acids is 3. The molecule has 2 aliphatic rings. The van der Waals surface area contributed by atoms with Crippen LogP contribution in [0.2, 0.25) is 0 Å². The number of rotatable bonds is 5. The van der Waals surface area contributed by atoms with Crippen molar-refractivity contribution in [1.29, 1.82) is 5.26 Å². The number of piperazine rings is 2. The van der Waals surface area contributed by atoms with Gasteiger partial charge in [-0.3, -0.25) is 14.4 Å². The molecular weight excluding hydrogens is 516 g/mol. The lowest BCUT2D eigenvalue weighted by molar-refractivity contribution is 0.0731. The third-order valence-electron chi connectivity index (χ3n) is 6.92. The Bertz CT molecular complexity index is 1420. The summed E-state index contributed by atoms with van der Waals surface area (Å²) >= 11 is 1.02. The average molecular weight is 545 g/mol. The third kappa shape index (κ3) is 5.74. The van der Waals surface area contributed by atoms with E-state index in [-0.39, 0.29) is 17.7 Å². The maximum Gasteiger partial charge on any atom is 0.269 e. The fourth-order valence-corrected chi connectivity index (χ4v) is 5.29. The van der Waals surface area contributed by atoms with Gasteiger partial charge in [-0.1, -0.05) is 4.49 Å². The lowest BCUT2D eigenvalue weighted by Crippen LogP contribution is -2.49. The molecule has 0 aliphatic carbocycles. The number of nitriles is 1. The van der Waals surface area contributed by atoms with Crippen molar-refractivity contribution in [3.8, 4) is 6.07 Å². The van der Waals surface area contributed by atoms with Crippen LogP contribution in [0.5, 0.6) is 0 Å². The summed E-state index contributed by atoms with van der Waals surface area (Å²) in [5.41, 5.74) is 3.40. The Morgan fingerprint density at radius 3 is 2.21 bits per heavy atom. The first kappa shape index (κ1) is 26.3. The molecule has 39 heavy (non-hydrogen) atoms. The van der Waals surface area contributed by atoms with Crippen molar-refractivity contribution in [2.45, 2.75) is 6.92 Å². The fraction of sp³-hybridized carbons (Fsp3) is 0.333. The van der Waals surface area contributed by atoms with Gasteiger partial charge in [0.15, 0.2) is 0 Å². The largest absolute Gasteiger partial charge is 0.366 e. The van der Waals surface area contributed by atoms with E-state index in [0.29, 0.717) is 72.2 Å². The number of amides is 3. The highest BCUT2D eigenvalue weighted by Crippen LogP contribution is 2.30. The van der Waals surface area contributed by atoms with Crippen LogP contribution in [0, 0.1) is 18.3 Å². The molecule has 3 heterocycles. The van der Waals surface area contributed by atoms with E-state index in [2.05, 4.69) is 31.2 Å². The Morgan fingerprint density at radius 1 is 0.923 bits per heavy atom. The maximum absolute atomic E-state index is 13.2. The molecule has 12 heteroatoms. The summed E-state index contributed by atoms with van der Waals surface area (Å²) < 4.78 is 3.86. The topological polar surface area (TPSA) is 135 Å². The van der Waals surface area contributed by atoms with E-state index in [1.54, 1.807) is 48.2 Å². The van der Waals surface area contributed by atoms with Crippen molar-refractivity contribution < 1.29 is 14.4 Å². The molecule has 2 aliphatic heterocycles. The van der Waals surface area contributed by atoms with Crippen LogP contribution in [0.4, 0.5) is 11.4 Å². The summed E-state index contributed by atoms with van der Waals surface area (Å²) in [5.74, 6) is -0.491. The summed E-state index contributed by atoms with van der Waals surface area (Å²) in [7, 11) is 0. The average Bonchev–Trinajstić information content (AvgIpc) is 3.43. The van der Waals surface area contributed by atoms with Gasteiger partial charge in [-0.25, -0.2) is 0 Å². The van der Waals surface area contributed by atoms with Crippen molar-refractivity contribution >= 4 is 40.6 Å². The van der Waals surface area contributed by atoms with E-state index >= 15 is 0 Å². The van der Waals surface area contributed by atoms with Gasteiger partial charge < -0.3 is 25.3 Å². The number of hydrogen-bond acceptors (Lipinski definition) is 9. The summed E-state index contributed by atoms with van der Waals surface area (Å²) in [4.78, 5) is 45.4. The number of aryl methyl sites for hydroxylation is 1. The van der Waals surface area contributed by atoms with Crippen LogP contribution in [0.15, 0.2) is 42.5 Å². The van der Waals surface area contributed by atoms with Gasteiger partial charge in [0, 0.05) is 63.5 Å². The van der Waals surface area contributed by atoms with Crippen molar-refractivity contribution in [2.24, 2.45) is 0 Å². The van der Waals surface area contributed by atoms with Crippen molar-refractivity contribution in [3.63, 3.8) is 0 Å². The molecule has 200 valence electrons. The lowest BCUT2D eigenvalue weighted by Gasteiger charge is -2.37. The second kappa shape index (κ2) is 11.6. The molecule has 2 aromatic carbocycles. The number of nitrogens with one attached hydrogen (secondary N) is 2. The van der Waals surface area contributed by atoms with E-state index in [9.17, 15) is 14.4 Å². The summed E-state index contributed by atoms with van der Waals surface area (Å²) in [6.45, 7) is 6.57. The minimum absolute atomic E-state index is 0.0768. The molecule has 2 N–H and O–H groups in total. The molecular formula is C27H28N8O3S. The van der Waals surface area contributed by atoms with E-state index in [4.69, 9.17) is 5.26 Å². The molecule has 2 saturated heterocycles. The van der Waals surface area contributed by atoms with Gasteiger partial charge in [0.2, 0.25) is 0 Å². The van der Waals surface area contributed by atoms with Crippen LogP contribution < -0.4 is 15.5 Å². The van der Waals surface area contributed by atoms with Crippen molar-refractivity contribution in [2.75, 3.05) is 62.6 Å². The highest BCUT2D eigenvalue weighted by atomic mass is 32.1. The number of aromatic nitrogens is 2. The second-order valence-electron chi connectivity index (χ2n) is 9.38. The molecule has 0 spiro atoms. The Hall–Kier alpha value is -4.34. The summed E-state index contributed by atoms with van der Waals surface area (Å²) in [5, 5.41) is 19.2. The summed E-state index contributed by atoms with van der Waals surface area (Å²) in [6.07, 6.45) is 0. The quantitative estimate of drug-likeness (QED) is 0.498. The molecule has 1 aromatic heterocycles. The van der Waals surface area contributed by atoms with Gasteiger partial charge >= 0.3 is 0 Å². The molecule has 0 unspecified atom stereocenters. The minimum atomic E-state index is -0.329. The van der Waals surface area contributed by atoms with Crippen LogP contribution in [-0.4, -0.2) is 89.5 Å². The highest BCUT2D eigenvalue weighted by molar-refractivity contribution is 7.08. The Balaban J connectivity index is 1.35. The molecule has 5 rings (SSSR count). The van der Waals surface area contributed by atoms with Crippen LogP contribution >= 0.6 is 11.5 Å². The van der Waals surface area contributed by atoms with Gasteiger partial charge in [0.25, 0.3) is 17.7 Å². The smallest absolute Gasteiger partial charge is 0.269 e. The van der Waals surface area contributed by atoms with E-state index in [0.717, 1.165) is 30.3 Å². The first-order valence-corrected chi connectivity index (χ1v) is 13.5. The van der Waals surface area contributed by atoms with Gasteiger partial charge in [0.1, 0.15) is 4.88 Å². The SMILES string of the molecule is Cc1nnsc1C(=O)Nc1cc(C(=O)N2CCNCC2)ccc1N1CCN(C(=O)c2ccc(C#N)cc2)CC1. The van der Waals surface area contributed by atoms with Crippen LogP contribution in [-0.2, 0) is 0 Å². The molecule has 0 radical (unpaired) electrons. The number of benzene rings is 2. The van der Waals surface area contributed by atoms with Crippen molar-refractivity contribution in [1.82, 2.24) is 24.7 Å². The van der Waals surface area contributed by atoms with Gasteiger partial charge in [-0.15, -0.1) is 5.10 Å². The second-order valence-corrected chi connectivity index (χ2v) is 10.1. The van der Waals surface area contributed by atoms with Gasteiger partial charge in [-0.2, -0.15) is 5.26 Å². The van der Waals surface area contributed by atoms with E-state index in [1.165, 1.54) is 0 Å². The van der Waals surface area contributed by atoms with Crippen molar-refractivity contribution in [3.05, 3.63) is 69.7 Å². The zero-order chi connectivity index (χ0) is 27.4. The number of nitrogens with zero attached hydrogens (tertiary/aromatic N) is 6. The zero-order valence-corrected chi connectivity index (χ0v) is 22.3. The predicted octanol–water partition coefficient (Wildman–Crippen LogP) is 1.98. The summed E-state index contributed by atoms with van der Waals surface area (Å²) in [6, 6.07) is 14.1. The molecule has 11 nitrogen and oxygen atoms in total. The standard InChI is InChI=1S/C27H28N8O3S/c1-18-24(39-32-31-18)25(36)30-22-16-21(27(38)34-10-8-29-9-11-34)6-7-23(22)33-12-14-35(15-13-33)26(37)20-4-2-19(17-28)3-5-20/h2-7,16,29H,8-15H2,1H3,(H,30,36). The van der Waals surface area contributed by atoms with Crippen LogP contribution in [0.1, 0.15) is 41.6 Å². The monoisotopic (exact) mass is 544 g/mol. The molecule has 0 atom stereocenters.